The number of hydrogen-bond donors (Lipinski definition) is 1. The van der Waals surface area contributed by atoms with Crippen molar-refractivity contribution in [2.45, 2.75) is 25.5 Å². The molecule has 0 radical (unpaired) electrons. The Morgan fingerprint density at radius 3 is 2.83 bits per heavy atom. The first kappa shape index (κ1) is 13.0. The third kappa shape index (κ3) is 2.67. The van der Waals surface area contributed by atoms with E-state index in [2.05, 4.69) is 0 Å². The molecule has 1 aliphatic rings. The Hall–Kier alpha value is -1.49. The van der Waals surface area contributed by atoms with Gasteiger partial charge in [0, 0.05) is 25.1 Å². The molecule has 1 aromatic carbocycles. The molecule has 1 aromatic rings. The Bertz CT molecular complexity index is 502. The molecule has 5 heteroatoms. The van der Waals surface area contributed by atoms with E-state index in [1.165, 1.54) is 18.7 Å². The number of nitrogens with two attached hydrogens (primary N) is 1. The minimum absolute atomic E-state index is 0.0318. The van der Waals surface area contributed by atoms with Gasteiger partial charge in [0.2, 0.25) is 5.91 Å². The highest BCUT2D eigenvalue weighted by atomic mass is 32.2. The Morgan fingerprint density at radius 2 is 2.22 bits per heavy atom. The molecule has 96 valence electrons. The highest BCUT2D eigenvalue weighted by Gasteiger charge is 2.32. The summed E-state index contributed by atoms with van der Waals surface area (Å²) < 4.78 is 0. The van der Waals surface area contributed by atoms with Gasteiger partial charge >= 0.3 is 0 Å². The van der Waals surface area contributed by atoms with Gasteiger partial charge in [-0.15, -0.1) is 0 Å². The summed E-state index contributed by atoms with van der Waals surface area (Å²) in [6, 6.07) is 5.65. The molecule has 1 amide bonds. The molecule has 18 heavy (non-hydrogen) atoms. The quantitative estimate of drug-likeness (QED) is 0.829. The summed E-state index contributed by atoms with van der Waals surface area (Å²) in [5, 5.41) is 0.0854. The Labute approximate surface area is 111 Å². The number of thioether (sulfide) groups is 1. The minimum Gasteiger partial charge on any atom is -0.397 e. The van der Waals surface area contributed by atoms with E-state index >= 15 is 0 Å². The van der Waals surface area contributed by atoms with Crippen molar-refractivity contribution in [2.75, 3.05) is 17.2 Å². The van der Waals surface area contributed by atoms with E-state index in [4.69, 9.17) is 5.73 Å². The van der Waals surface area contributed by atoms with Gasteiger partial charge in [0.15, 0.2) is 5.12 Å². The number of carbonyl (C=O) groups is 2. The first-order chi connectivity index (χ1) is 8.47. The molecule has 1 fully saturated rings. The van der Waals surface area contributed by atoms with Crippen LogP contribution in [0.2, 0.25) is 0 Å². The van der Waals surface area contributed by atoms with Crippen LogP contribution in [0.1, 0.15) is 18.9 Å². The van der Waals surface area contributed by atoms with Crippen LogP contribution in [0, 0.1) is 6.92 Å². The predicted octanol–water partition coefficient (Wildman–Crippen LogP) is 1.96. The SMILES string of the molecule is CC(=O)SC1CC(=O)N(c2ccc(C)cc2N)C1. The lowest BCUT2D eigenvalue weighted by Crippen LogP contribution is -2.25. The monoisotopic (exact) mass is 264 g/mol. The van der Waals surface area contributed by atoms with E-state index in [0.29, 0.717) is 18.7 Å². The van der Waals surface area contributed by atoms with Gasteiger partial charge in [-0.25, -0.2) is 0 Å². The van der Waals surface area contributed by atoms with Crippen LogP contribution < -0.4 is 10.6 Å². The number of anilines is 2. The van der Waals surface area contributed by atoms with Crippen molar-refractivity contribution in [3.8, 4) is 0 Å². The molecule has 2 rings (SSSR count). The van der Waals surface area contributed by atoms with E-state index in [1.807, 2.05) is 25.1 Å². The zero-order valence-electron chi connectivity index (χ0n) is 10.5. The summed E-state index contributed by atoms with van der Waals surface area (Å²) in [5.74, 6) is 0.0318. The zero-order chi connectivity index (χ0) is 13.3. The summed E-state index contributed by atoms with van der Waals surface area (Å²) in [5.41, 5.74) is 8.37. The third-order valence-electron chi connectivity index (χ3n) is 2.90. The zero-order valence-corrected chi connectivity index (χ0v) is 11.3. The Kier molecular flexibility index (Phi) is 3.61. The van der Waals surface area contributed by atoms with Gasteiger partial charge in [0.25, 0.3) is 0 Å². The second-order valence-corrected chi connectivity index (χ2v) is 5.98. The van der Waals surface area contributed by atoms with Crippen molar-refractivity contribution < 1.29 is 9.59 Å². The fourth-order valence-electron chi connectivity index (χ4n) is 2.14. The van der Waals surface area contributed by atoms with Gasteiger partial charge in [-0.3, -0.25) is 9.59 Å². The smallest absolute Gasteiger partial charge is 0.228 e. The maximum Gasteiger partial charge on any atom is 0.228 e. The minimum atomic E-state index is 0.0318. The number of nitrogens with zero attached hydrogens (tertiary/aromatic N) is 1. The first-order valence-corrected chi connectivity index (χ1v) is 6.69. The maximum atomic E-state index is 11.9. The van der Waals surface area contributed by atoms with Crippen molar-refractivity contribution in [2.24, 2.45) is 0 Å². The first-order valence-electron chi connectivity index (χ1n) is 5.81. The second-order valence-electron chi connectivity index (χ2n) is 4.50. The molecule has 0 aromatic heterocycles. The van der Waals surface area contributed by atoms with Crippen LogP contribution in [0.3, 0.4) is 0 Å². The number of aryl methyl sites for hydroxylation is 1. The number of benzene rings is 1. The average Bonchev–Trinajstić information content (AvgIpc) is 2.58. The molecule has 0 spiro atoms. The summed E-state index contributed by atoms with van der Waals surface area (Å²) in [4.78, 5) is 24.7. The number of rotatable bonds is 2. The fourth-order valence-corrected chi connectivity index (χ4v) is 3.06. The molecule has 2 N–H and O–H groups in total. The number of nitrogen functional groups attached to an aromatic ring is 1. The highest BCUT2D eigenvalue weighted by molar-refractivity contribution is 8.14. The molecule has 1 unspecified atom stereocenters. The molecule has 1 aliphatic heterocycles. The number of hydrogen-bond acceptors (Lipinski definition) is 4. The standard InChI is InChI=1S/C13H16N2O2S/c1-8-3-4-12(11(14)5-8)15-7-10(6-13(15)17)18-9(2)16/h3-5,10H,6-7,14H2,1-2H3. The summed E-state index contributed by atoms with van der Waals surface area (Å²) >= 11 is 1.23. The van der Waals surface area contributed by atoms with E-state index in [-0.39, 0.29) is 16.3 Å². The van der Waals surface area contributed by atoms with E-state index < -0.39 is 0 Å². The highest BCUT2D eigenvalue weighted by Crippen LogP contribution is 2.32. The van der Waals surface area contributed by atoms with Gasteiger partial charge in [-0.05, 0) is 24.6 Å². The Morgan fingerprint density at radius 1 is 1.50 bits per heavy atom. The lowest BCUT2D eigenvalue weighted by atomic mass is 10.2. The van der Waals surface area contributed by atoms with Crippen LogP contribution in [-0.4, -0.2) is 22.8 Å². The van der Waals surface area contributed by atoms with Crippen LogP contribution >= 0.6 is 11.8 Å². The van der Waals surface area contributed by atoms with Crippen LogP contribution in [0.25, 0.3) is 0 Å². The summed E-state index contributed by atoms with van der Waals surface area (Å²) in [6.07, 6.45) is 0.400. The largest absolute Gasteiger partial charge is 0.397 e. The second kappa shape index (κ2) is 5.02. The lowest BCUT2D eigenvalue weighted by Gasteiger charge is -2.18. The molecule has 1 atom stereocenters. The van der Waals surface area contributed by atoms with Crippen LogP contribution in [0.4, 0.5) is 11.4 Å². The van der Waals surface area contributed by atoms with Crippen LogP contribution in [0.5, 0.6) is 0 Å². The molecule has 4 nitrogen and oxygen atoms in total. The molecular weight excluding hydrogens is 248 g/mol. The van der Waals surface area contributed by atoms with E-state index in [9.17, 15) is 9.59 Å². The van der Waals surface area contributed by atoms with Crippen LogP contribution in [-0.2, 0) is 9.59 Å². The van der Waals surface area contributed by atoms with Gasteiger partial charge in [0.1, 0.15) is 0 Å². The maximum absolute atomic E-state index is 11.9. The molecular formula is C13H16N2O2S. The molecule has 1 saturated heterocycles. The van der Waals surface area contributed by atoms with E-state index in [1.54, 1.807) is 4.90 Å². The molecule has 1 heterocycles. The fraction of sp³-hybridized carbons (Fsp3) is 0.385. The van der Waals surface area contributed by atoms with Crippen molar-refractivity contribution in [3.05, 3.63) is 23.8 Å². The molecule has 0 bridgehead atoms. The van der Waals surface area contributed by atoms with Gasteiger partial charge in [-0.1, -0.05) is 17.8 Å². The van der Waals surface area contributed by atoms with E-state index in [0.717, 1.165) is 11.3 Å². The Balaban J connectivity index is 2.19. The third-order valence-corrected chi connectivity index (χ3v) is 3.88. The molecule has 0 aliphatic carbocycles. The van der Waals surface area contributed by atoms with Crippen molar-refractivity contribution in [3.63, 3.8) is 0 Å². The average molecular weight is 264 g/mol. The van der Waals surface area contributed by atoms with Crippen LogP contribution in [0.15, 0.2) is 18.2 Å². The van der Waals surface area contributed by atoms with Crippen molar-refractivity contribution >= 4 is 34.2 Å². The van der Waals surface area contributed by atoms with Gasteiger partial charge in [-0.2, -0.15) is 0 Å². The lowest BCUT2D eigenvalue weighted by molar-refractivity contribution is -0.117. The number of carbonyl (C=O) groups excluding carboxylic acids is 2. The van der Waals surface area contributed by atoms with Crippen molar-refractivity contribution in [1.82, 2.24) is 0 Å². The van der Waals surface area contributed by atoms with Gasteiger partial charge < -0.3 is 10.6 Å². The molecule has 0 saturated carbocycles. The number of amides is 1. The predicted molar refractivity (Wildman–Crippen MR) is 74.6 cm³/mol. The normalized spacial score (nSPS) is 19.3. The van der Waals surface area contributed by atoms with Gasteiger partial charge in [0.05, 0.1) is 11.4 Å². The summed E-state index contributed by atoms with van der Waals surface area (Å²) in [7, 11) is 0. The topological polar surface area (TPSA) is 63.4 Å². The summed E-state index contributed by atoms with van der Waals surface area (Å²) in [6.45, 7) is 4.04. The van der Waals surface area contributed by atoms with Crippen molar-refractivity contribution in [1.29, 1.82) is 0 Å².